The molecule has 0 saturated carbocycles. The van der Waals surface area contributed by atoms with Gasteiger partial charge in [-0.1, -0.05) is 42.0 Å². The van der Waals surface area contributed by atoms with Gasteiger partial charge in [-0.3, -0.25) is 4.40 Å². The van der Waals surface area contributed by atoms with Crippen molar-refractivity contribution in [1.82, 2.24) is 19.3 Å². The number of imidazole rings is 1. The minimum Gasteiger partial charge on any atom is -0.381 e. The fraction of sp³-hybridized carbons (Fsp3) is 0.308. The maximum Gasteiger partial charge on any atom is 0.180 e. The van der Waals surface area contributed by atoms with Crippen LogP contribution in [-0.2, 0) is 0 Å². The van der Waals surface area contributed by atoms with Gasteiger partial charge in [0.05, 0.1) is 17.6 Å². The predicted octanol–water partition coefficient (Wildman–Crippen LogP) is 4.09. The summed E-state index contributed by atoms with van der Waals surface area (Å²) < 4.78 is 2.06. The number of nitrogens with two attached hydrogens (primary N) is 2. The standard InChI is InChI=1S/C26H30N6/c1-18-4-2-7-22(14-18)24-16-29-25(28)26-30-23(17-32(24)26)21-6-3-5-20(15-21)19-8-11-31(12-9-19)13-10-27/h2-7,14-17,19H,8-13,27H2,1H3,(H2,28,29). The number of benzene rings is 2. The number of nitrogen functional groups attached to an aromatic ring is 1. The number of hydrogen-bond donors (Lipinski definition) is 2. The van der Waals surface area contributed by atoms with Crippen LogP contribution in [0.5, 0.6) is 0 Å². The van der Waals surface area contributed by atoms with Crippen LogP contribution >= 0.6 is 0 Å². The molecule has 0 aliphatic carbocycles. The molecule has 0 atom stereocenters. The van der Waals surface area contributed by atoms with E-state index in [0.717, 1.165) is 48.7 Å². The molecule has 0 bridgehead atoms. The zero-order chi connectivity index (χ0) is 22.1. The third-order valence-corrected chi connectivity index (χ3v) is 6.52. The maximum absolute atomic E-state index is 6.20. The SMILES string of the molecule is Cc1cccc(-c2cnc(N)c3nc(-c4cccc(C5CCN(CCN)CC5)c4)cn23)c1. The summed E-state index contributed by atoms with van der Waals surface area (Å²) in [6, 6.07) is 17.2. The molecule has 1 aliphatic rings. The van der Waals surface area contributed by atoms with Crippen LogP contribution in [0.3, 0.4) is 0 Å². The number of piperidine rings is 1. The minimum atomic E-state index is 0.441. The summed E-state index contributed by atoms with van der Waals surface area (Å²) >= 11 is 0. The Bertz CT molecular complexity index is 1240. The van der Waals surface area contributed by atoms with E-state index in [9.17, 15) is 0 Å². The Hall–Kier alpha value is -3.22. The Morgan fingerprint density at radius 1 is 1.03 bits per heavy atom. The second kappa shape index (κ2) is 8.73. The molecule has 0 spiro atoms. The topological polar surface area (TPSA) is 85.5 Å². The molecule has 0 radical (unpaired) electrons. The van der Waals surface area contributed by atoms with Gasteiger partial charge < -0.3 is 16.4 Å². The molecule has 2 aromatic carbocycles. The van der Waals surface area contributed by atoms with Crippen molar-refractivity contribution in [2.75, 3.05) is 31.9 Å². The van der Waals surface area contributed by atoms with Crippen molar-refractivity contribution in [3.8, 4) is 22.5 Å². The molecular weight excluding hydrogens is 396 g/mol. The molecular formula is C26H30N6. The lowest BCUT2D eigenvalue weighted by atomic mass is 9.88. The molecule has 164 valence electrons. The summed E-state index contributed by atoms with van der Waals surface area (Å²) in [5.41, 5.74) is 19.3. The first-order valence-corrected chi connectivity index (χ1v) is 11.4. The number of anilines is 1. The third-order valence-electron chi connectivity index (χ3n) is 6.52. The summed E-state index contributed by atoms with van der Waals surface area (Å²) in [5, 5.41) is 0. The normalized spacial score (nSPS) is 15.4. The quantitative estimate of drug-likeness (QED) is 0.502. The third kappa shape index (κ3) is 3.99. The van der Waals surface area contributed by atoms with Gasteiger partial charge in [0.25, 0.3) is 0 Å². The van der Waals surface area contributed by atoms with Crippen LogP contribution in [0.2, 0.25) is 0 Å². The van der Waals surface area contributed by atoms with Crippen molar-refractivity contribution >= 4 is 11.5 Å². The zero-order valence-corrected chi connectivity index (χ0v) is 18.5. The van der Waals surface area contributed by atoms with Crippen molar-refractivity contribution in [3.63, 3.8) is 0 Å². The predicted molar refractivity (Wildman–Crippen MR) is 130 cm³/mol. The summed E-state index contributed by atoms with van der Waals surface area (Å²) in [6.07, 6.45) is 6.24. The summed E-state index contributed by atoms with van der Waals surface area (Å²) in [6.45, 7) is 6.05. The lowest BCUT2D eigenvalue weighted by molar-refractivity contribution is 0.218. The van der Waals surface area contributed by atoms with E-state index < -0.39 is 0 Å². The smallest absolute Gasteiger partial charge is 0.180 e. The Balaban J connectivity index is 1.49. The Morgan fingerprint density at radius 2 is 1.81 bits per heavy atom. The van der Waals surface area contributed by atoms with E-state index in [1.54, 1.807) is 0 Å². The van der Waals surface area contributed by atoms with E-state index in [4.69, 9.17) is 16.5 Å². The molecule has 1 fully saturated rings. The number of aromatic nitrogens is 3. The Morgan fingerprint density at radius 3 is 2.59 bits per heavy atom. The Kier molecular flexibility index (Phi) is 5.64. The number of rotatable bonds is 5. The minimum absolute atomic E-state index is 0.441. The number of fused-ring (bicyclic) bond motifs is 1. The Labute approximate surface area is 188 Å². The molecule has 32 heavy (non-hydrogen) atoms. The van der Waals surface area contributed by atoms with Gasteiger partial charge in [0.1, 0.15) is 0 Å². The molecule has 2 aromatic heterocycles. The van der Waals surface area contributed by atoms with Crippen molar-refractivity contribution in [1.29, 1.82) is 0 Å². The number of aryl methyl sites for hydroxylation is 1. The zero-order valence-electron chi connectivity index (χ0n) is 18.5. The molecule has 0 amide bonds. The number of hydrogen-bond acceptors (Lipinski definition) is 5. The molecule has 6 nitrogen and oxygen atoms in total. The largest absolute Gasteiger partial charge is 0.381 e. The van der Waals surface area contributed by atoms with E-state index in [2.05, 4.69) is 75.9 Å². The van der Waals surface area contributed by atoms with Gasteiger partial charge in [0.15, 0.2) is 11.5 Å². The fourth-order valence-electron chi connectivity index (χ4n) is 4.78. The van der Waals surface area contributed by atoms with E-state index in [0.29, 0.717) is 17.4 Å². The van der Waals surface area contributed by atoms with Crippen molar-refractivity contribution in [3.05, 3.63) is 72.1 Å². The van der Waals surface area contributed by atoms with E-state index in [1.165, 1.54) is 24.0 Å². The highest BCUT2D eigenvalue weighted by Crippen LogP contribution is 2.32. The highest BCUT2D eigenvalue weighted by Gasteiger charge is 2.21. The van der Waals surface area contributed by atoms with Crippen molar-refractivity contribution < 1.29 is 0 Å². The molecule has 0 unspecified atom stereocenters. The van der Waals surface area contributed by atoms with Crippen LogP contribution in [0, 0.1) is 6.92 Å². The van der Waals surface area contributed by atoms with Gasteiger partial charge >= 0.3 is 0 Å². The van der Waals surface area contributed by atoms with Crippen molar-refractivity contribution in [2.45, 2.75) is 25.7 Å². The monoisotopic (exact) mass is 426 g/mol. The van der Waals surface area contributed by atoms with Gasteiger partial charge in [-0.05, 0) is 56.5 Å². The van der Waals surface area contributed by atoms with Gasteiger partial charge in [-0.25, -0.2) is 9.97 Å². The number of nitrogens with zero attached hydrogens (tertiary/aromatic N) is 4. The maximum atomic E-state index is 6.20. The first kappa shape index (κ1) is 20.7. The van der Waals surface area contributed by atoms with Crippen LogP contribution in [0.25, 0.3) is 28.2 Å². The highest BCUT2D eigenvalue weighted by atomic mass is 15.1. The van der Waals surface area contributed by atoms with E-state index >= 15 is 0 Å². The number of likely N-dealkylation sites (tertiary alicyclic amines) is 1. The second-order valence-electron chi connectivity index (χ2n) is 8.75. The molecule has 4 N–H and O–H groups in total. The van der Waals surface area contributed by atoms with Crippen LogP contribution in [0.4, 0.5) is 5.82 Å². The summed E-state index contributed by atoms with van der Waals surface area (Å²) in [7, 11) is 0. The lowest BCUT2D eigenvalue weighted by Crippen LogP contribution is -2.36. The second-order valence-corrected chi connectivity index (χ2v) is 8.75. The van der Waals surface area contributed by atoms with Gasteiger partial charge in [-0.2, -0.15) is 0 Å². The average Bonchev–Trinajstić information content (AvgIpc) is 3.27. The van der Waals surface area contributed by atoms with Gasteiger partial charge in [0, 0.05) is 30.4 Å². The average molecular weight is 427 g/mol. The van der Waals surface area contributed by atoms with Crippen LogP contribution in [0.1, 0.15) is 29.9 Å². The molecule has 5 rings (SSSR count). The molecule has 1 saturated heterocycles. The summed E-state index contributed by atoms with van der Waals surface area (Å²) in [4.78, 5) is 11.7. The van der Waals surface area contributed by atoms with Gasteiger partial charge in [-0.15, -0.1) is 0 Å². The van der Waals surface area contributed by atoms with Crippen LogP contribution < -0.4 is 11.5 Å². The van der Waals surface area contributed by atoms with Crippen LogP contribution in [0.15, 0.2) is 60.9 Å². The molecule has 6 heteroatoms. The molecule has 3 heterocycles. The summed E-state index contributed by atoms with van der Waals surface area (Å²) in [5.74, 6) is 1.02. The van der Waals surface area contributed by atoms with Gasteiger partial charge in [0.2, 0.25) is 0 Å². The first-order valence-electron chi connectivity index (χ1n) is 11.4. The first-order chi connectivity index (χ1) is 15.6. The molecule has 4 aromatic rings. The highest BCUT2D eigenvalue weighted by molar-refractivity contribution is 5.74. The van der Waals surface area contributed by atoms with E-state index in [-0.39, 0.29) is 0 Å². The van der Waals surface area contributed by atoms with Crippen LogP contribution in [-0.4, -0.2) is 45.4 Å². The molecule has 1 aliphatic heterocycles. The van der Waals surface area contributed by atoms with E-state index in [1.807, 2.05) is 6.20 Å². The van der Waals surface area contributed by atoms with Crippen molar-refractivity contribution in [2.24, 2.45) is 5.73 Å². The fourth-order valence-corrected chi connectivity index (χ4v) is 4.78. The lowest BCUT2D eigenvalue weighted by Gasteiger charge is -2.32.